The Balaban J connectivity index is 2.34. The predicted octanol–water partition coefficient (Wildman–Crippen LogP) is 2.52. The highest BCUT2D eigenvalue weighted by Crippen LogP contribution is 2.39. The van der Waals surface area contributed by atoms with Crippen LogP contribution in [0.5, 0.6) is 0 Å². The number of aliphatic hydroxyl groups excluding tert-OH is 1. The van der Waals surface area contributed by atoms with E-state index in [9.17, 15) is 19.4 Å². The first-order valence-corrected chi connectivity index (χ1v) is 6.77. The summed E-state index contributed by atoms with van der Waals surface area (Å²) < 4.78 is 15.7. The zero-order valence-electron chi connectivity index (χ0n) is 11.5. The van der Waals surface area contributed by atoms with Crippen LogP contribution in [0.3, 0.4) is 0 Å². The maximum atomic E-state index is 14.0. The quantitative estimate of drug-likeness (QED) is 0.833. The van der Waals surface area contributed by atoms with Crippen molar-refractivity contribution in [3.63, 3.8) is 0 Å². The van der Waals surface area contributed by atoms with E-state index in [1.165, 1.54) is 6.20 Å². The van der Waals surface area contributed by atoms with Gasteiger partial charge < -0.3 is 14.8 Å². The molecule has 0 radical (unpaired) electrons. The maximum Gasteiger partial charge on any atom is 0.337 e. The highest BCUT2D eigenvalue weighted by atomic mass is 19.1. The number of carbonyl (C=O) groups is 1. The highest BCUT2D eigenvalue weighted by molar-refractivity contribution is 5.94. The Morgan fingerprint density at radius 1 is 1.52 bits per heavy atom. The van der Waals surface area contributed by atoms with E-state index in [1.54, 1.807) is 23.6 Å². The Hall–Kier alpha value is -2.21. The van der Waals surface area contributed by atoms with Crippen molar-refractivity contribution in [3.8, 4) is 11.3 Å². The molecule has 5 nitrogen and oxygen atoms in total. The molecule has 0 spiro atoms. The van der Waals surface area contributed by atoms with Gasteiger partial charge in [0.05, 0.1) is 28.6 Å². The number of rotatable bonds is 2. The van der Waals surface area contributed by atoms with Gasteiger partial charge in [-0.15, -0.1) is 0 Å². The molecule has 2 aromatic rings. The Bertz CT molecular complexity index is 724. The first-order chi connectivity index (χ1) is 10.0. The predicted molar refractivity (Wildman–Crippen MR) is 73.5 cm³/mol. The Labute approximate surface area is 120 Å². The average molecular weight is 290 g/mol. The molecule has 0 saturated heterocycles. The molecule has 0 bridgehead atoms. The third-order valence-electron chi connectivity index (χ3n) is 3.95. The van der Waals surface area contributed by atoms with Gasteiger partial charge in [-0.1, -0.05) is 0 Å². The molecule has 1 aliphatic heterocycles. The van der Waals surface area contributed by atoms with Crippen LogP contribution < -0.4 is 0 Å². The van der Waals surface area contributed by atoms with E-state index in [0.717, 1.165) is 6.42 Å². The van der Waals surface area contributed by atoms with Gasteiger partial charge in [0.25, 0.3) is 0 Å². The van der Waals surface area contributed by atoms with E-state index in [4.69, 9.17) is 0 Å². The van der Waals surface area contributed by atoms with Crippen LogP contribution in [0.1, 0.15) is 40.6 Å². The first kappa shape index (κ1) is 13.8. The number of carboxylic acid groups (broad SMARTS) is 1. The van der Waals surface area contributed by atoms with Gasteiger partial charge in [0.1, 0.15) is 0 Å². The lowest BCUT2D eigenvalue weighted by Gasteiger charge is -2.23. The summed E-state index contributed by atoms with van der Waals surface area (Å²) in [4.78, 5) is 15.2. The summed E-state index contributed by atoms with van der Waals surface area (Å²) >= 11 is 0. The van der Waals surface area contributed by atoms with Gasteiger partial charge in [-0.2, -0.15) is 4.39 Å². The number of halogens is 1. The zero-order valence-corrected chi connectivity index (χ0v) is 11.5. The second-order valence-corrected chi connectivity index (χ2v) is 5.19. The van der Waals surface area contributed by atoms with Crippen molar-refractivity contribution in [3.05, 3.63) is 41.1 Å². The number of fused-ring (bicyclic) bond motifs is 1. The number of hydrogen-bond donors (Lipinski definition) is 2. The van der Waals surface area contributed by atoms with Crippen molar-refractivity contribution in [2.75, 3.05) is 0 Å². The van der Waals surface area contributed by atoms with Crippen LogP contribution in [-0.2, 0) is 6.54 Å². The van der Waals surface area contributed by atoms with E-state index in [2.05, 4.69) is 4.98 Å². The number of aromatic carboxylic acids is 1. The minimum Gasteiger partial charge on any atom is -0.478 e. The monoisotopic (exact) mass is 290 g/mol. The number of hydrogen-bond acceptors (Lipinski definition) is 3. The summed E-state index contributed by atoms with van der Waals surface area (Å²) in [5, 5.41) is 19.6. The lowest BCUT2D eigenvalue weighted by Crippen LogP contribution is -2.18. The molecule has 3 rings (SSSR count). The molecule has 0 aromatic carbocycles. The van der Waals surface area contributed by atoms with Gasteiger partial charge in [0.15, 0.2) is 0 Å². The number of carboxylic acids is 1. The fraction of sp³-hybridized carbons (Fsp3) is 0.333. The lowest BCUT2D eigenvalue weighted by molar-refractivity contribution is 0.0682. The summed E-state index contributed by atoms with van der Waals surface area (Å²) in [6, 6.07) is 3.18. The van der Waals surface area contributed by atoms with Crippen LogP contribution in [0.4, 0.5) is 4.39 Å². The molecule has 110 valence electrons. The van der Waals surface area contributed by atoms with Gasteiger partial charge in [-0.05, 0) is 37.5 Å². The molecule has 21 heavy (non-hydrogen) atoms. The van der Waals surface area contributed by atoms with Gasteiger partial charge in [0, 0.05) is 12.7 Å². The average Bonchev–Trinajstić information content (AvgIpc) is 2.73. The molecule has 2 aromatic heterocycles. The molecule has 0 saturated carbocycles. The van der Waals surface area contributed by atoms with Crippen molar-refractivity contribution in [2.45, 2.75) is 32.4 Å². The van der Waals surface area contributed by atoms with E-state index < -0.39 is 18.0 Å². The minimum atomic E-state index is -1.10. The third-order valence-corrected chi connectivity index (χ3v) is 3.95. The molecule has 3 heterocycles. The van der Waals surface area contributed by atoms with Gasteiger partial charge in [0.2, 0.25) is 5.95 Å². The summed E-state index contributed by atoms with van der Waals surface area (Å²) in [7, 11) is 0. The van der Waals surface area contributed by atoms with Crippen LogP contribution in [0, 0.1) is 12.9 Å². The van der Waals surface area contributed by atoms with Crippen LogP contribution in [-0.4, -0.2) is 25.7 Å². The smallest absolute Gasteiger partial charge is 0.337 e. The molecule has 0 fully saturated rings. The Morgan fingerprint density at radius 2 is 2.29 bits per heavy atom. The molecular weight excluding hydrogens is 275 g/mol. The fourth-order valence-corrected chi connectivity index (χ4v) is 3.11. The second kappa shape index (κ2) is 4.96. The Morgan fingerprint density at radius 3 is 2.95 bits per heavy atom. The van der Waals surface area contributed by atoms with Gasteiger partial charge >= 0.3 is 5.97 Å². The molecular formula is C15H15FN2O3. The normalized spacial score (nSPS) is 17.6. The van der Waals surface area contributed by atoms with E-state index in [-0.39, 0.29) is 11.1 Å². The molecule has 0 aliphatic carbocycles. The molecule has 0 amide bonds. The SMILES string of the molecule is Cc1c(C(=O)O)c2n(c1-c1cccnc1F)CCCC2O. The van der Waals surface area contributed by atoms with E-state index in [1.807, 2.05) is 0 Å². The van der Waals surface area contributed by atoms with Gasteiger partial charge in [-0.3, -0.25) is 0 Å². The largest absolute Gasteiger partial charge is 0.478 e. The minimum absolute atomic E-state index is 0.0699. The summed E-state index contributed by atoms with van der Waals surface area (Å²) in [6.45, 7) is 2.20. The number of nitrogens with zero attached hydrogens (tertiary/aromatic N) is 2. The molecule has 1 atom stereocenters. The van der Waals surface area contributed by atoms with Crippen molar-refractivity contribution < 1.29 is 19.4 Å². The van der Waals surface area contributed by atoms with Crippen molar-refractivity contribution >= 4 is 5.97 Å². The van der Waals surface area contributed by atoms with Crippen molar-refractivity contribution in [1.29, 1.82) is 0 Å². The van der Waals surface area contributed by atoms with E-state index in [0.29, 0.717) is 29.9 Å². The maximum absolute atomic E-state index is 14.0. The van der Waals surface area contributed by atoms with Crippen LogP contribution in [0.15, 0.2) is 18.3 Å². The summed E-state index contributed by atoms with van der Waals surface area (Å²) in [5.74, 6) is -1.74. The lowest BCUT2D eigenvalue weighted by atomic mass is 10.0. The van der Waals surface area contributed by atoms with Crippen LogP contribution in [0.2, 0.25) is 0 Å². The van der Waals surface area contributed by atoms with Crippen LogP contribution >= 0.6 is 0 Å². The van der Waals surface area contributed by atoms with Gasteiger partial charge in [-0.25, -0.2) is 9.78 Å². The van der Waals surface area contributed by atoms with Crippen LogP contribution in [0.25, 0.3) is 11.3 Å². The summed E-state index contributed by atoms with van der Waals surface area (Å²) in [5.41, 5.74) is 1.65. The Kier molecular flexibility index (Phi) is 3.25. The highest BCUT2D eigenvalue weighted by Gasteiger charge is 2.32. The topological polar surface area (TPSA) is 75.3 Å². The number of aliphatic hydroxyl groups is 1. The zero-order chi connectivity index (χ0) is 15.1. The van der Waals surface area contributed by atoms with E-state index >= 15 is 0 Å². The van der Waals surface area contributed by atoms with Crippen molar-refractivity contribution in [2.24, 2.45) is 0 Å². The standard InChI is InChI=1S/C15H15FN2O3/c1-8-11(15(20)21)13-10(19)5-3-7-18(13)12(8)9-4-2-6-17-14(9)16/h2,4,6,10,19H,3,5,7H2,1H3,(H,20,21). The molecule has 1 unspecified atom stereocenters. The van der Waals surface area contributed by atoms with Crippen molar-refractivity contribution in [1.82, 2.24) is 9.55 Å². The molecule has 6 heteroatoms. The molecule has 1 aliphatic rings. The first-order valence-electron chi connectivity index (χ1n) is 6.77. The molecule has 2 N–H and O–H groups in total. The number of pyridine rings is 1. The third kappa shape index (κ3) is 2.03. The fourth-order valence-electron chi connectivity index (χ4n) is 3.11. The summed E-state index contributed by atoms with van der Waals surface area (Å²) in [6.07, 6.45) is 1.74. The second-order valence-electron chi connectivity index (χ2n) is 5.19. The number of aromatic nitrogens is 2.